The minimum absolute atomic E-state index is 0.0203. The van der Waals surface area contributed by atoms with E-state index in [0.717, 1.165) is 12.0 Å². The van der Waals surface area contributed by atoms with E-state index >= 15 is 0 Å². The molecule has 110 valence electrons. The van der Waals surface area contributed by atoms with Gasteiger partial charge in [0.15, 0.2) is 0 Å². The topological polar surface area (TPSA) is 20.3 Å². The molecule has 0 N–H and O–H groups in total. The standard InChI is InChI=1S/C17H17ClFNO/c1-2-10-20(12-13-6-4-3-5-7-13)17(21)15-11-14(18)8-9-16(15)19/h3-9,11H,2,10,12H2,1H3. The van der Waals surface area contributed by atoms with Gasteiger partial charge in [-0.1, -0.05) is 48.9 Å². The van der Waals surface area contributed by atoms with Gasteiger partial charge in [0.05, 0.1) is 5.56 Å². The largest absolute Gasteiger partial charge is 0.334 e. The summed E-state index contributed by atoms with van der Waals surface area (Å²) in [5.74, 6) is -0.876. The van der Waals surface area contributed by atoms with Crippen LogP contribution in [0.5, 0.6) is 0 Å². The van der Waals surface area contributed by atoms with Crippen LogP contribution in [0, 0.1) is 5.82 Å². The Labute approximate surface area is 129 Å². The van der Waals surface area contributed by atoms with E-state index in [1.165, 1.54) is 18.2 Å². The first-order valence-electron chi connectivity index (χ1n) is 6.90. The summed E-state index contributed by atoms with van der Waals surface area (Å²) in [6.07, 6.45) is 0.806. The molecule has 0 radical (unpaired) electrons. The number of amides is 1. The van der Waals surface area contributed by atoms with Gasteiger partial charge in [-0.25, -0.2) is 4.39 Å². The zero-order valence-corrected chi connectivity index (χ0v) is 12.6. The average Bonchev–Trinajstić information content (AvgIpc) is 2.49. The maximum Gasteiger partial charge on any atom is 0.257 e. The quantitative estimate of drug-likeness (QED) is 0.794. The first-order valence-corrected chi connectivity index (χ1v) is 7.28. The molecule has 2 nitrogen and oxygen atoms in total. The number of benzene rings is 2. The molecule has 0 spiro atoms. The maximum atomic E-state index is 13.9. The van der Waals surface area contributed by atoms with Crippen LogP contribution in [0.1, 0.15) is 29.3 Å². The Kier molecular flexibility index (Phi) is 5.34. The van der Waals surface area contributed by atoms with Crippen LogP contribution in [0.25, 0.3) is 0 Å². The van der Waals surface area contributed by atoms with E-state index in [1.807, 2.05) is 37.3 Å². The molecule has 0 saturated carbocycles. The molecule has 0 aromatic heterocycles. The Morgan fingerprint density at radius 2 is 1.90 bits per heavy atom. The monoisotopic (exact) mass is 305 g/mol. The van der Waals surface area contributed by atoms with Crippen molar-refractivity contribution in [1.29, 1.82) is 0 Å². The molecule has 2 aromatic carbocycles. The molecular formula is C17H17ClFNO. The zero-order valence-electron chi connectivity index (χ0n) is 11.9. The second-order valence-electron chi connectivity index (χ2n) is 4.84. The van der Waals surface area contributed by atoms with Crippen molar-refractivity contribution in [3.05, 3.63) is 70.5 Å². The number of hydrogen-bond donors (Lipinski definition) is 0. The van der Waals surface area contributed by atoms with Crippen LogP contribution >= 0.6 is 11.6 Å². The second-order valence-corrected chi connectivity index (χ2v) is 5.27. The van der Waals surface area contributed by atoms with Crippen LogP contribution in [0.3, 0.4) is 0 Å². The number of nitrogens with zero attached hydrogens (tertiary/aromatic N) is 1. The van der Waals surface area contributed by atoms with E-state index in [-0.39, 0.29) is 11.5 Å². The summed E-state index contributed by atoms with van der Waals surface area (Å²) in [7, 11) is 0. The fourth-order valence-electron chi connectivity index (χ4n) is 2.16. The summed E-state index contributed by atoms with van der Waals surface area (Å²) in [5, 5.41) is 0.357. The van der Waals surface area contributed by atoms with E-state index in [1.54, 1.807) is 4.90 Å². The highest BCUT2D eigenvalue weighted by Gasteiger charge is 2.19. The molecule has 4 heteroatoms. The lowest BCUT2D eigenvalue weighted by atomic mass is 10.1. The number of hydrogen-bond acceptors (Lipinski definition) is 1. The highest BCUT2D eigenvalue weighted by molar-refractivity contribution is 6.31. The second kappa shape index (κ2) is 7.23. The molecule has 2 aromatic rings. The van der Waals surface area contributed by atoms with Gasteiger partial charge in [-0.15, -0.1) is 0 Å². The first-order chi connectivity index (χ1) is 10.1. The van der Waals surface area contributed by atoms with E-state index in [9.17, 15) is 9.18 Å². The third kappa shape index (κ3) is 4.05. The average molecular weight is 306 g/mol. The fourth-order valence-corrected chi connectivity index (χ4v) is 2.33. The fraction of sp³-hybridized carbons (Fsp3) is 0.235. The molecule has 0 unspecified atom stereocenters. The van der Waals surface area contributed by atoms with E-state index < -0.39 is 5.82 Å². The molecule has 1 amide bonds. The highest BCUT2D eigenvalue weighted by Crippen LogP contribution is 2.18. The van der Waals surface area contributed by atoms with Gasteiger partial charge in [-0.2, -0.15) is 0 Å². The Morgan fingerprint density at radius 3 is 2.57 bits per heavy atom. The zero-order chi connectivity index (χ0) is 15.2. The number of carbonyl (C=O) groups excluding carboxylic acids is 1. The molecule has 0 fully saturated rings. The van der Waals surface area contributed by atoms with Crippen molar-refractivity contribution in [2.75, 3.05) is 6.54 Å². The summed E-state index contributed by atoms with van der Waals surface area (Å²) in [6.45, 7) is 3.01. The van der Waals surface area contributed by atoms with Gasteiger partial charge in [0, 0.05) is 18.1 Å². The van der Waals surface area contributed by atoms with Crippen LogP contribution in [0.2, 0.25) is 5.02 Å². The van der Waals surface area contributed by atoms with Crippen LogP contribution in [0.15, 0.2) is 48.5 Å². The molecule has 2 rings (SSSR count). The van der Waals surface area contributed by atoms with Gasteiger partial charge in [0.1, 0.15) is 5.82 Å². The van der Waals surface area contributed by atoms with E-state index in [2.05, 4.69) is 0 Å². The summed E-state index contributed by atoms with van der Waals surface area (Å²) in [6, 6.07) is 13.7. The van der Waals surface area contributed by atoms with Crippen LogP contribution < -0.4 is 0 Å². The van der Waals surface area contributed by atoms with Crippen molar-refractivity contribution in [2.24, 2.45) is 0 Å². The van der Waals surface area contributed by atoms with Crippen molar-refractivity contribution >= 4 is 17.5 Å². The Bertz CT molecular complexity index is 615. The van der Waals surface area contributed by atoms with Gasteiger partial charge in [-0.3, -0.25) is 4.79 Å². The molecule has 0 aliphatic rings. The van der Waals surface area contributed by atoms with E-state index in [4.69, 9.17) is 11.6 Å². The molecule has 0 bridgehead atoms. The van der Waals surface area contributed by atoms with Gasteiger partial charge in [0.25, 0.3) is 5.91 Å². The molecule has 0 heterocycles. The molecule has 0 aliphatic heterocycles. The molecule has 0 saturated heterocycles. The molecule has 0 atom stereocenters. The minimum atomic E-state index is -0.543. The SMILES string of the molecule is CCCN(Cc1ccccc1)C(=O)c1cc(Cl)ccc1F. The van der Waals surface area contributed by atoms with Gasteiger partial charge < -0.3 is 4.90 Å². The van der Waals surface area contributed by atoms with Gasteiger partial charge >= 0.3 is 0 Å². The Hall–Kier alpha value is -1.87. The number of halogens is 2. The predicted octanol–water partition coefficient (Wildman–Crippen LogP) is 4.53. The predicted molar refractivity (Wildman–Crippen MR) is 82.9 cm³/mol. The first kappa shape index (κ1) is 15.5. The van der Waals surface area contributed by atoms with Crippen molar-refractivity contribution in [1.82, 2.24) is 4.90 Å². The summed E-state index contributed by atoms with van der Waals surface area (Å²) in [4.78, 5) is 14.2. The van der Waals surface area contributed by atoms with Crippen LogP contribution in [-0.2, 0) is 6.54 Å². The lowest BCUT2D eigenvalue weighted by molar-refractivity contribution is 0.0738. The van der Waals surface area contributed by atoms with Gasteiger partial charge in [-0.05, 0) is 30.2 Å². The van der Waals surface area contributed by atoms with Crippen LogP contribution in [-0.4, -0.2) is 17.4 Å². The lowest BCUT2D eigenvalue weighted by Gasteiger charge is -2.22. The number of rotatable bonds is 5. The summed E-state index contributed by atoms with van der Waals surface area (Å²) >= 11 is 5.87. The molecular weight excluding hydrogens is 289 g/mol. The molecule has 0 aliphatic carbocycles. The minimum Gasteiger partial charge on any atom is -0.334 e. The highest BCUT2D eigenvalue weighted by atomic mass is 35.5. The smallest absolute Gasteiger partial charge is 0.257 e. The third-order valence-corrected chi connectivity index (χ3v) is 3.39. The number of carbonyl (C=O) groups is 1. The van der Waals surface area contributed by atoms with Crippen molar-refractivity contribution < 1.29 is 9.18 Å². The summed E-state index contributed by atoms with van der Waals surface area (Å²) in [5.41, 5.74) is 1.04. The van der Waals surface area contributed by atoms with Crippen molar-refractivity contribution in [3.63, 3.8) is 0 Å². The summed E-state index contributed by atoms with van der Waals surface area (Å²) < 4.78 is 13.9. The lowest BCUT2D eigenvalue weighted by Crippen LogP contribution is -2.32. The maximum absolute atomic E-state index is 13.9. The van der Waals surface area contributed by atoms with Crippen LogP contribution in [0.4, 0.5) is 4.39 Å². The van der Waals surface area contributed by atoms with Gasteiger partial charge in [0.2, 0.25) is 0 Å². The Balaban J connectivity index is 2.25. The van der Waals surface area contributed by atoms with E-state index in [0.29, 0.717) is 18.1 Å². The molecule has 21 heavy (non-hydrogen) atoms. The normalized spacial score (nSPS) is 10.4. The third-order valence-electron chi connectivity index (χ3n) is 3.16. The Morgan fingerprint density at radius 1 is 1.19 bits per heavy atom. The van der Waals surface area contributed by atoms with Crippen molar-refractivity contribution in [3.8, 4) is 0 Å². The van der Waals surface area contributed by atoms with Crippen molar-refractivity contribution in [2.45, 2.75) is 19.9 Å².